The predicted molar refractivity (Wildman–Crippen MR) is 88.3 cm³/mol. The highest BCUT2D eigenvalue weighted by Gasteiger charge is 2.19. The van der Waals surface area contributed by atoms with E-state index in [1.807, 2.05) is 0 Å². The third kappa shape index (κ3) is 4.24. The van der Waals surface area contributed by atoms with Gasteiger partial charge in [0.2, 0.25) is 0 Å². The van der Waals surface area contributed by atoms with E-state index in [2.05, 4.69) is 55.3 Å². The molecule has 20 heavy (non-hydrogen) atoms. The van der Waals surface area contributed by atoms with Crippen LogP contribution in [0.3, 0.4) is 0 Å². The molecule has 2 nitrogen and oxygen atoms in total. The van der Waals surface area contributed by atoms with Gasteiger partial charge in [-0.1, -0.05) is 44.9 Å². The quantitative estimate of drug-likeness (QED) is 0.865. The molecule has 2 rings (SSSR count). The number of hydrogen-bond acceptors (Lipinski definition) is 2. The van der Waals surface area contributed by atoms with Crippen LogP contribution >= 0.6 is 0 Å². The van der Waals surface area contributed by atoms with Crippen LogP contribution in [0.15, 0.2) is 24.3 Å². The molecule has 0 aliphatic carbocycles. The summed E-state index contributed by atoms with van der Waals surface area (Å²) in [6.45, 7) is 10.2. The molecule has 1 aliphatic heterocycles. The number of para-hydroxylation sites is 1. The molecule has 0 radical (unpaired) electrons. The van der Waals surface area contributed by atoms with Crippen molar-refractivity contribution in [2.24, 2.45) is 5.92 Å². The van der Waals surface area contributed by atoms with Crippen LogP contribution in [-0.4, -0.2) is 19.1 Å². The molecule has 0 aromatic heterocycles. The summed E-state index contributed by atoms with van der Waals surface area (Å²) in [5.74, 6) is 0.708. The zero-order valence-electron chi connectivity index (χ0n) is 13.4. The Hall–Kier alpha value is -1.02. The van der Waals surface area contributed by atoms with E-state index < -0.39 is 0 Å². The lowest BCUT2D eigenvalue weighted by Gasteiger charge is -2.31. The fourth-order valence-electron chi connectivity index (χ4n) is 3.07. The molecule has 0 bridgehead atoms. The molecule has 1 saturated heterocycles. The third-order valence-corrected chi connectivity index (χ3v) is 4.22. The van der Waals surface area contributed by atoms with Crippen LogP contribution in [0.1, 0.15) is 52.0 Å². The van der Waals surface area contributed by atoms with Gasteiger partial charge in [0.15, 0.2) is 0 Å². The fraction of sp³-hybridized carbons (Fsp3) is 0.667. The van der Waals surface area contributed by atoms with Crippen molar-refractivity contribution in [1.29, 1.82) is 0 Å². The zero-order valence-corrected chi connectivity index (χ0v) is 13.4. The van der Waals surface area contributed by atoms with Crippen molar-refractivity contribution >= 4 is 5.69 Å². The first kappa shape index (κ1) is 15.4. The smallest absolute Gasteiger partial charge is 0.0414 e. The summed E-state index contributed by atoms with van der Waals surface area (Å²) in [6.07, 6.45) is 5.42. The first-order valence-electron chi connectivity index (χ1n) is 8.23. The lowest BCUT2D eigenvalue weighted by molar-refractivity contribution is 0.550. The minimum absolute atomic E-state index is 0.670. The maximum atomic E-state index is 3.58. The number of rotatable bonds is 5. The van der Waals surface area contributed by atoms with E-state index in [0.29, 0.717) is 12.0 Å². The molecule has 2 heteroatoms. The Labute approximate surface area is 124 Å². The summed E-state index contributed by atoms with van der Waals surface area (Å²) in [7, 11) is 0. The Morgan fingerprint density at radius 3 is 2.80 bits per heavy atom. The average molecular weight is 274 g/mol. The molecule has 1 aliphatic rings. The molecule has 1 aromatic carbocycles. The third-order valence-electron chi connectivity index (χ3n) is 4.22. The van der Waals surface area contributed by atoms with E-state index in [9.17, 15) is 0 Å². The van der Waals surface area contributed by atoms with E-state index in [1.54, 1.807) is 0 Å². The fourth-order valence-corrected chi connectivity index (χ4v) is 3.07. The lowest BCUT2D eigenvalue weighted by Crippen LogP contribution is -2.33. The van der Waals surface area contributed by atoms with E-state index in [1.165, 1.54) is 43.5 Å². The topological polar surface area (TPSA) is 15.3 Å². The molecular formula is C18H30N2. The lowest BCUT2D eigenvalue weighted by atomic mass is 10.1. The number of anilines is 1. The minimum atomic E-state index is 0.670. The van der Waals surface area contributed by atoms with Gasteiger partial charge in [0.05, 0.1) is 0 Å². The van der Waals surface area contributed by atoms with Crippen LogP contribution in [0.2, 0.25) is 0 Å². The Morgan fingerprint density at radius 1 is 1.20 bits per heavy atom. The van der Waals surface area contributed by atoms with Crippen molar-refractivity contribution in [2.45, 2.75) is 59.0 Å². The summed E-state index contributed by atoms with van der Waals surface area (Å²) in [4.78, 5) is 2.62. The molecule has 1 heterocycles. The molecule has 112 valence electrons. The van der Waals surface area contributed by atoms with Crippen molar-refractivity contribution in [2.75, 3.05) is 18.0 Å². The van der Waals surface area contributed by atoms with Crippen LogP contribution < -0.4 is 10.2 Å². The summed E-state index contributed by atoms with van der Waals surface area (Å²) in [5.41, 5.74) is 2.89. The van der Waals surface area contributed by atoms with E-state index in [-0.39, 0.29) is 0 Å². The normalized spacial score (nSPS) is 20.2. The van der Waals surface area contributed by atoms with Crippen molar-refractivity contribution in [3.8, 4) is 0 Å². The molecule has 1 fully saturated rings. The first-order valence-corrected chi connectivity index (χ1v) is 8.23. The van der Waals surface area contributed by atoms with E-state index in [0.717, 1.165) is 13.1 Å². The predicted octanol–water partition coefficient (Wildman–Crippen LogP) is 4.20. The van der Waals surface area contributed by atoms with Crippen LogP contribution in [0, 0.1) is 5.92 Å². The molecule has 1 N–H and O–H groups in total. The van der Waals surface area contributed by atoms with Gasteiger partial charge in [-0.2, -0.15) is 0 Å². The van der Waals surface area contributed by atoms with Gasteiger partial charge in [0.1, 0.15) is 0 Å². The summed E-state index contributed by atoms with van der Waals surface area (Å²) in [6, 6.07) is 9.59. The van der Waals surface area contributed by atoms with Crippen LogP contribution in [-0.2, 0) is 6.54 Å². The van der Waals surface area contributed by atoms with Crippen LogP contribution in [0.5, 0.6) is 0 Å². The Bertz CT molecular complexity index is 400. The van der Waals surface area contributed by atoms with Crippen molar-refractivity contribution in [3.63, 3.8) is 0 Å². The maximum absolute atomic E-state index is 3.58. The molecule has 1 aromatic rings. The van der Waals surface area contributed by atoms with Gasteiger partial charge in [-0.25, -0.2) is 0 Å². The standard InChI is InChI=1S/C18H30N2/c1-15(2)13-19-14-17-10-6-7-11-18(17)20-12-8-4-5-9-16(20)3/h6-7,10-11,15-16,19H,4-5,8-9,12-14H2,1-3H3. The monoisotopic (exact) mass is 274 g/mol. The molecule has 1 unspecified atom stereocenters. The summed E-state index contributed by atoms with van der Waals surface area (Å²) in [5, 5.41) is 3.58. The highest BCUT2D eigenvalue weighted by atomic mass is 15.2. The summed E-state index contributed by atoms with van der Waals surface area (Å²) < 4.78 is 0. The number of nitrogens with one attached hydrogen (secondary N) is 1. The van der Waals surface area contributed by atoms with Gasteiger partial charge in [0, 0.05) is 24.8 Å². The first-order chi connectivity index (χ1) is 9.68. The van der Waals surface area contributed by atoms with Crippen LogP contribution in [0.25, 0.3) is 0 Å². The maximum Gasteiger partial charge on any atom is 0.0414 e. The van der Waals surface area contributed by atoms with Crippen molar-refractivity contribution in [3.05, 3.63) is 29.8 Å². The van der Waals surface area contributed by atoms with Gasteiger partial charge < -0.3 is 10.2 Å². The minimum Gasteiger partial charge on any atom is -0.369 e. The second-order valence-electron chi connectivity index (χ2n) is 6.55. The van der Waals surface area contributed by atoms with Gasteiger partial charge >= 0.3 is 0 Å². The molecule has 0 saturated carbocycles. The second kappa shape index (κ2) is 7.68. The van der Waals surface area contributed by atoms with Crippen molar-refractivity contribution < 1.29 is 0 Å². The SMILES string of the molecule is CC(C)CNCc1ccccc1N1CCCCCC1C. The second-order valence-corrected chi connectivity index (χ2v) is 6.55. The zero-order chi connectivity index (χ0) is 14.4. The van der Waals surface area contributed by atoms with Gasteiger partial charge in [-0.15, -0.1) is 0 Å². The van der Waals surface area contributed by atoms with Crippen molar-refractivity contribution in [1.82, 2.24) is 5.32 Å². The van der Waals surface area contributed by atoms with Crippen LogP contribution in [0.4, 0.5) is 5.69 Å². The number of nitrogens with zero attached hydrogens (tertiary/aromatic N) is 1. The Kier molecular flexibility index (Phi) is 5.90. The van der Waals surface area contributed by atoms with E-state index in [4.69, 9.17) is 0 Å². The Balaban J connectivity index is 2.09. The molecule has 1 atom stereocenters. The van der Waals surface area contributed by atoms with E-state index >= 15 is 0 Å². The molecular weight excluding hydrogens is 244 g/mol. The highest BCUT2D eigenvalue weighted by molar-refractivity contribution is 5.54. The van der Waals surface area contributed by atoms with Gasteiger partial charge in [0.25, 0.3) is 0 Å². The van der Waals surface area contributed by atoms with Gasteiger partial charge in [-0.05, 0) is 43.9 Å². The largest absolute Gasteiger partial charge is 0.369 e. The number of benzene rings is 1. The number of hydrogen-bond donors (Lipinski definition) is 1. The molecule has 0 amide bonds. The average Bonchev–Trinajstić information content (AvgIpc) is 2.64. The summed E-state index contributed by atoms with van der Waals surface area (Å²) >= 11 is 0. The van der Waals surface area contributed by atoms with Gasteiger partial charge in [-0.3, -0.25) is 0 Å². The highest BCUT2D eigenvalue weighted by Crippen LogP contribution is 2.27. The Morgan fingerprint density at radius 2 is 2.00 bits per heavy atom. The molecule has 0 spiro atoms.